The van der Waals surface area contributed by atoms with Gasteiger partial charge < -0.3 is 15.4 Å². The first-order valence-corrected chi connectivity index (χ1v) is 9.06. The Balaban J connectivity index is 1.63. The SMILES string of the molecule is COc1ccc(CN2CCNC(=O)[C@@H]2CC(=O)NCc2cccnc2)c(F)c1. The smallest absolute Gasteiger partial charge is 0.237 e. The van der Waals surface area contributed by atoms with Crippen LogP contribution in [0.4, 0.5) is 4.39 Å². The zero-order valence-electron chi connectivity index (χ0n) is 15.7. The van der Waals surface area contributed by atoms with Crippen LogP contribution in [0.1, 0.15) is 17.5 Å². The lowest BCUT2D eigenvalue weighted by atomic mass is 10.1. The Morgan fingerprint density at radius 2 is 2.29 bits per heavy atom. The molecule has 0 saturated carbocycles. The number of carbonyl (C=O) groups excluding carboxylic acids is 2. The van der Waals surface area contributed by atoms with E-state index in [1.165, 1.54) is 13.2 Å². The second kappa shape index (κ2) is 9.27. The zero-order valence-corrected chi connectivity index (χ0v) is 15.7. The molecule has 0 radical (unpaired) electrons. The lowest BCUT2D eigenvalue weighted by molar-refractivity contribution is -0.134. The van der Waals surface area contributed by atoms with Gasteiger partial charge in [-0.05, 0) is 17.7 Å². The highest BCUT2D eigenvalue weighted by molar-refractivity contribution is 5.88. The molecule has 2 aromatic rings. The molecule has 148 valence electrons. The second-order valence-electron chi connectivity index (χ2n) is 6.58. The first-order chi connectivity index (χ1) is 13.6. The summed E-state index contributed by atoms with van der Waals surface area (Å²) in [5.41, 5.74) is 1.33. The number of nitrogens with zero attached hydrogens (tertiary/aromatic N) is 2. The molecular formula is C20H23FN4O3. The Hall–Kier alpha value is -3.00. The van der Waals surface area contributed by atoms with Crippen LogP contribution in [-0.4, -0.2) is 47.9 Å². The number of benzene rings is 1. The Bertz CT molecular complexity index is 831. The Morgan fingerprint density at radius 3 is 3.00 bits per heavy atom. The van der Waals surface area contributed by atoms with Gasteiger partial charge in [0.25, 0.3) is 0 Å². The van der Waals surface area contributed by atoms with E-state index in [4.69, 9.17) is 4.74 Å². The van der Waals surface area contributed by atoms with Gasteiger partial charge in [0.15, 0.2) is 0 Å². The standard InChI is InChI=1S/C20H23FN4O3/c1-28-16-5-4-15(17(21)9-16)13-25-8-7-23-20(27)18(25)10-19(26)24-12-14-3-2-6-22-11-14/h2-6,9,11,18H,7-8,10,12-13H2,1H3,(H,23,27)(H,24,26)/t18-/m0/s1. The Kier molecular flexibility index (Phi) is 6.54. The van der Waals surface area contributed by atoms with Gasteiger partial charge in [0.2, 0.25) is 11.8 Å². The quantitative estimate of drug-likeness (QED) is 0.748. The van der Waals surface area contributed by atoms with Gasteiger partial charge in [-0.15, -0.1) is 0 Å². The summed E-state index contributed by atoms with van der Waals surface area (Å²) in [5, 5.41) is 5.58. The molecule has 1 aliphatic rings. The molecular weight excluding hydrogens is 363 g/mol. The Morgan fingerprint density at radius 1 is 1.43 bits per heavy atom. The number of hydrogen-bond donors (Lipinski definition) is 2. The summed E-state index contributed by atoms with van der Waals surface area (Å²) in [6, 6.07) is 7.64. The Labute approximate surface area is 162 Å². The molecule has 1 atom stereocenters. The third-order valence-corrected chi connectivity index (χ3v) is 4.67. The number of aromatic nitrogens is 1. The molecule has 0 aliphatic carbocycles. The lowest BCUT2D eigenvalue weighted by Crippen LogP contribution is -2.56. The van der Waals surface area contributed by atoms with E-state index in [1.54, 1.807) is 30.6 Å². The number of nitrogens with one attached hydrogen (secondary N) is 2. The molecule has 1 fully saturated rings. The number of pyridine rings is 1. The monoisotopic (exact) mass is 386 g/mol. The fourth-order valence-corrected chi connectivity index (χ4v) is 3.13. The van der Waals surface area contributed by atoms with Gasteiger partial charge in [-0.2, -0.15) is 0 Å². The number of halogens is 1. The van der Waals surface area contributed by atoms with Gasteiger partial charge in [0.05, 0.1) is 19.6 Å². The van der Waals surface area contributed by atoms with Crippen molar-refractivity contribution in [1.82, 2.24) is 20.5 Å². The lowest BCUT2D eigenvalue weighted by Gasteiger charge is -2.34. The largest absolute Gasteiger partial charge is 0.497 e. The van der Waals surface area contributed by atoms with E-state index < -0.39 is 11.9 Å². The molecule has 0 bridgehead atoms. The summed E-state index contributed by atoms with van der Waals surface area (Å²) in [6.07, 6.45) is 3.34. The van der Waals surface area contributed by atoms with Gasteiger partial charge in [-0.3, -0.25) is 19.5 Å². The van der Waals surface area contributed by atoms with Crippen molar-refractivity contribution in [2.45, 2.75) is 25.6 Å². The number of rotatable bonds is 7. The first-order valence-electron chi connectivity index (χ1n) is 9.06. The molecule has 2 heterocycles. The highest BCUT2D eigenvalue weighted by Crippen LogP contribution is 2.20. The van der Waals surface area contributed by atoms with E-state index in [9.17, 15) is 14.0 Å². The van der Waals surface area contributed by atoms with E-state index >= 15 is 0 Å². The third-order valence-electron chi connectivity index (χ3n) is 4.67. The van der Waals surface area contributed by atoms with Crippen molar-refractivity contribution in [3.05, 3.63) is 59.7 Å². The first kappa shape index (κ1) is 19.8. The summed E-state index contributed by atoms with van der Waals surface area (Å²) >= 11 is 0. The van der Waals surface area contributed by atoms with Crippen LogP contribution in [0, 0.1) is 5.82 Å². The van der Waals surface area contributed by atoms with Crippen LogP contribution in [0.25, 0.3) is 0 Å². The van der Waals surface area contributed by atoms with Crippen molar-refractivity contribution in [3.63, 3.8) is 0 Å². The van der Waals surface area contributed by atoms with Crippen LogP contribution in [0.15, 0.2) is 42.7 Å². The van der Waals surface area contributed by atoms with Crippen LogP contribution >= 0.6 is 0 Å². The van der Waals surface area contributed by atoms with Crippen molar-refractivity contribution in [2.24, 2.45) is 0 Å². The summed E-state index contributed by atoms with van der Waals surface area (Å²) in [7, 11) is 1.48. The van der Waals surface area contributed by atoms with Crippen LogP contribution in [0.5, 0.6) is 5.75 Å². The van der Waals surface area contributed by atoms with Gasteiger partial charge in [-0.25, -0.2) is 4.39 Å². The van der Waals surface area contributed by atoms with E-state index in [1.807, 2.05) is 11.0 Å². The molecule has 1 saturated heterocycles. The number of amides is 2. The average molecular weight is 386 g/mol. The van der Waals surface area contributed by atoms with Crippen LogP contribution < -0.4 is 15.4 Å². The number of hydrogen-bond acceptors (Lipinski definition) is 5. The fourth-order valence-electron chi connectivity index (χ4n) is 3.13. The number of methoxy groups -OCH3 is 1. The van der Waals surface area contributed by atoms with Gasteiger partial charge >= 0.3 is 0 Å². The molecule has 1 aromatic carbocycles. The predicted octanol–water partition coefficient (Wildman–Crippen LogP) is 1.24. The van der Waals surface area contributed by atoms with Gasteiger partial charge in [-0.1, -0.05) is 12.1 Å². The van der Waals surface area contributed by atoms with E-state index in [0.29, 0.717) is 30.9 Å². The molecule has 7 nitrogen and oxygen atoms in total. The zero-order chi connectivity index (χ0) is 19.9. The maximum atomic E-state index is 14.3. The minimum Gasteiger partial charge on any atom is -0.497 e. The molecule has 2 N–H and O–H groups in total. The molecule has 2 amide bonds. The minimum absolute atomic E-state index is 0.00384. The predicted molar refractivity (Wildman–Crippen MR) is 101 cm³/mol. The van der Waals surface area contributed by atoms with Crippen molar-refractivity contribution >= 4 is 11.8 Å². The molecule has 0 spiro atoms. The van der Waals surface area contributed by atoms with Crippen LogP contribution in [-0.2, 0) is 22.7 Å². The van der Waals surface area contributed by atoms with E-state index in [2.05, 4.69) is 15.6 Å². The number of ether oxygens (including phenoxy) is 1. The van der Waals surface area contributed by atoms with Crippen molar-refractivity contribution in [1.29, 1.82) is 0 Å². The summed E-state index contributed by atoms with van der Waals surface area (Å²) < 4.78 is 19.3. The highest BCUT2D eigenvalue weighted by Gasteiger charge is 2.32. The summed E-state index contributed by atoms with van der Waals surface area (Å²) in [4.78, 5) is 30.5. The molecule has 8 heteroatoms. The van der Waals surface area contributed by atoms with Crippen molar-refractivity contribution in [3.8, 4) is 5.75 Å². The van der Waals surface area contributed by atoms with Crippen molar-refractivity contribution < 1.29 is 18.7 Å². The summed E-state index contributed by atoms with van der Waals surface area (Å²) in [5.74, 6) is -0.433. The number of carbonyl (C=O) groups is 2. The maximum Gasteiger partial charge on any atom is 0.237 e. The second-order valence-corrected chi connectivity index (χ2v) is 6.58. The molecule has 0 unspecified atom stereocenters. The molecule has 3 rings (SSSR count). The fraction of sp³-hybridized carbons (Fsp3) is 0.350. The van der Waals surface area contributed by atoms with Gasteiger partial charge in [0, 0.05) is 50.2 Å². The van der Waals surface area contributed by atoms with E-state index in [0.717, 1.165) is 5.56 Å². The maximum absolute atomic E-state index is 14.3. The topological polar surface area (TPSA) is 83.6 Å². The number of piperazine rings is 1. The van der Waals surface area contributed by atoms with Crippen molar-refractivity contribution in [2.75, 3.05) is 20.2 Å². The average Bonchev–Trinajstić information content (AvgIpc) is 2.71. The normalized spacial score (nSPS) is 17.1. The van der Waals surface area contributed by atoms with Gasteiger partial charge in [0.1, 0.15) is 11.6 Å². The van der Waals surface area contributed by atoms with Crippen LogP contribution in [0.2, 0.25) is 0 Å². The molecule has 28 heavy (non-hydrogen) atoms. The molecule has 1 aliphatic heterocycles. The third kappa shape index (κ3) is 5.04. The highest BCUT2D eigenvalue weighted by atomic mass is 19.1. The van der Waals surface area contributed by atoms with E-state index in [-0.39, 0.29) is 24.8 Å². The molecule has 1 aromatic heterocycles. The summed E-state index contributed by atoms with van der Waals surface area (Å²) in [6.45, 7) is 1.58. The van der Waals surface area contributed by atoms with Crippen LogP contribution in [0.3, 0.4) is 0 Å². The minimum atomic E-state index is -0.649.